The molecule has 0 saturated heterocycles. The Morgan fingerprint density at radius 3 is 2.94 bits per heavy atom. The van der Waals surface area contributed by atoms with E-state index in [0.29, 0.717) is 0 Å². The zero-order valence-electron chi connectivity index (χ0n) is 17.8. The summed E-state index contributed by atoms with van der Waals surface area (Å²) in [6.07, 6.45) is 2.85. The first-order valence-electron chi connectivity index (χ1n) is 9.62. The lowest BCUT2D eigenvalue weighted by Gasteiger charge is -2.18. The molecule has 166 valence electrons. The molecule has 1 aliphatic rings. The second-order valence-corrected chi connectivity index (χ2v) is 10.8. The summed E-state index contributed by atoms with van der Waals surface area (Å²) in [7, 11) is 0. The van der Waals surface area contributed by atoms with E-state index in [1.54, 1.807) is 34.9 Å². The van der Waals surface area contributed by atoms with Gasteiger partial charge in [-0.25, -0.2) is 9.79 Å². The molecule has 1 aromatic carbocycles. The molecule has 0 spiro atoms. The number of aliphatic hydroxyl groups excluding tert-OH is 1. The SMILES string of the molecule is CSc1sc(/N=C/NC(=O)OC(C)(C)C)cc1C1=NC(Nc2cccc(CO)c2)SC1. The number of rotatable bonds is 7. The summed E-state index contributed by atoms with van der Waals surface area (Å²) in [5.41, 5.74) is 3.25. The number of hydrogen-bond acceptors (Lipinski definition) is 9. The summed E-state index contributed by atoms with van der Waals surface area (Å²) >= 11 is 4.93. The first kappa shape index (κ1) is 23.6. The van der Waals surface area contributed by atoms with E-state index in [2.05, 4.69) is 15.6 Å². The van der Waals surface area contributed by atoms with Crippen molar-refractivity contribution in [3.8, 4) is 0 Å². The molecular formula is C21H26N4O3S3. The van der Waals surface area contributed by atoms with Crippen LogP contribution in [-0.2, 0) is 11.3 Å². The average molecular weight is 479 g/mol. The van der Waals surface area contributed by atoms with Crippen molar-refractivity contribution in [1.29, 1.82) is 0 Å². The molecule has 3 rings (SSSR count). The number of nitrogens with one attached hydrogen (secondary N) is 2. The largest absolute Gasteiger partial charge is 0.444 e. The summed E-state index contributed by atoms with van der Waals surface area (Å²) < 4.78 is 6.33. The van der Waals surface area contributed by atoms with Crippen LogP contribution in [-0.4, -0.2) is 46.4 Å². The van der Waals surface area contributed by atoms with Crippen molar-refractivity contribution in [3.05, 3.63) is 41.5 Å². The summed E-state index contributed by atoms with van der Waals surface area (Å²) in [5, 5.41) is 16.0. The van der Waals surface area contributed by atoms with E-state index in [0.717, 1.165) is 37.5 Å². The number of carbonyl (C=O) groups is 1. The molecule has 0 saturated carbocycles. The third kappa shape index (κ3) is 6.99. The van der Waals surface area contributed by atoms with Crippen molar-refractivity contribution in [3.63, 3.8) is 0 Å². The lowest BCUT2D eigenvalue weighted by Crippen LogP contribution is -2.31. The lowest BCUT2D eigenvalue weighted by molar-refractivity contribution is 0.0565. The van der Waals surface area contributed by atoms with Crippen LogP contribution in [0.15, 0.2) is 44.5 Å². The fraction of sp³-hybridized carbons (Fsp3) is 0.381. The molecule has 1 aliphatic heterocycles. The Balaban J connectivity index is 1.67. The highest BCUT2D eigenvalue weighted by atomic mass is 32.2. The first-order valence-corrected chi connectivity index (χ1v) is 12.7. The van der Waals surface area contributed by atoms with Crippen LogP contribution in [0.5, 0.6) is 0 Å². The molecule has 0 bridgehead atoms. The minimum atomic E-state index is -0.553. The number of alkyl carbamates (subject to hydrolysis) is 1. The van der Waals surface area contributed by atoms with E-state index in [1.807, 2.05) is 57.4 Å². The fourth-order valence-electron chi connectivity index (χ4n) is 2.73. The summed E-state index contributed by atoms with van der Waals surface area (Å²) in [6.45, 7) is 5.45. The molecule has 2 aromatic rings. The van der Waals surface area contributed by atoms with Gasteiger partial charge in [0.15, 0.2) is 5.50 Å². The minimum absolute atomic E-state index is 0.0138. The van der Waals surface area contributed by atoms with Gasteiger partial charge in [-0.15, -0.1) is 34.9 Å². The maximum Gasteiger partial charge on any atom is 0.412 e. The summed E-state index contributed by atoms with van der Waals surface area (Å²) in [5.74, 6) is 0.793. The van der Waals surface area contributed by atoms with E-state index >= 15 is 0 Å². The van der Waals surface area contributed by atoms with Gasteiger partial charge in [0.05, 0.1) is 22.9 Å². The molecule has 0 fully saturated rings. The topological polar surface area (TPSA) is 95.3 Å². The van der Waals surface area contributed by atoms with Crippen LogP contribution in [0.3, 0.4) is 0 Å². The zero-order valence-corrected chi connectivity index (χ0v) is 20.3. The quantitative estimate of drug-likeness (QED) is 0.292. The predicted octanol–water partition coefficient (Wildman–Crippen LogP) is 5.08. The molecule has 31 heavy (non-hydrogen) atoms. The van der Waals surface area contributed by atoms with Crippen molar-refractivity contribution < 1.29 is 14.6 Å². The van der Waals surface area contributed by atoms with Crippen molar-refractivity contribution in [2.24, 2.45) is 9.98 Å². The number of amides is 1. The van der Waals surface area contributed by atoms with Gasteiger partial charge in [0.25, 0.3) is 0 Å². The van der Waals surface area contributed by atoms with Crippen molar-refractivity contribution in [1.82, 2.24) is 5.32 Å². The Morgan fingerprint density at radius 1 is 1.42 bits per heavy atom. The molecule has 0 aliphatic carbocycles. The summed E-state index contributed by atoms with van der Waals surface area (Å²) in [4.78, 5) is 20.9. The Kier molecular flexibility index (Phi) is 8.04. The standard InChI is InChI=1S/C21H26N4O3S3/c1-21(2,3)28-20(27)23-12-22-17-9-15(18(29-4)31-17)16-11-30-19(25-16)24-14-7-5-6-13(8-14)10-26/h5-9,12,19,24,26H,10-11H2,1-4H3,(H,22,23,27). The second kappa shape index (κ2) is 10.5. The number of thiophene rings is 1. The van der Waals surface area contributed by atoms with Crippen molar-refractivity contribution >= 4 is 63.7 Å². The fourth-order valence-corrected chi connectivity index (χ4v) is 5.44. The number of nitrogens with zero attached hydrogens (tertiary/aromatic N) is 2. The molecular weight excluding hydrogens is 452 g/mol. The minimum Gasteiger partial charge on any atom is -0.444 e. The van der Waals surface area contributed by atoms with Crippen LogP contribution >= 0.6 is 34.9 Å². The number of carbonyl (C=O) groups excluding carboxylic acids is 1. The van der Waals surface area contributed by atoms with Gasteiger partial charge in [0.2, 0.25) is 0 Å². The number of aliphatic hydroxyl groups is 1. The maximum absolute atomic E-state index is 11.7. The molecule has 10 heteroatoms. The van der Waals surface area contributed by atoms with E-state index < -0.39 is 11.7 Å². The number of hydrogen-bond donors (Lipinski definition) is 3. The number of ether oxygens (including phenoxy) is 1. The van der Waals surface area contributed by atoms with Crippen molar-refractivity contribution in [2.45, 2.75) is 42.7 Å². The maximum atomic E-state index is 11.7. The van der Waals surface area contributed by atoms with E-state index in [9.17, 15) is 9.90 Å². The molecule has 0 radical (unpaired) electrons. The number of aliphatic imine (C=N–C) groups is 2. The molecule has 1 aromatic heterocycles. The van der Waals surface area contributed by atoms with Gasteiger partial charge in [0.1, 0.15) is 10.6 Å². The van der Waals surface area contributed by atoms with Gasteiger partial charge in [-0.2, -0.15) is 0 Å². The average Bonchev–Trinajstić information content (AvgIpc) is 3.33. The van der Waals surface area contributed by atoms with E-state index in [-0.39, 0.29) is 12.1 Å². The molecule has 7 nitrogen and oxygen atoms in total. The predicted molar refractivity (Wildman–Crippen MR) is 132 cm³/mol. The van der Waals surface area contributed by atoms with Gasteiger partial charge >= 0.3 is 6.09 Å². The molecule has 1 amide bonds. The van der Waals surface area contributed by atoms with Crippen LogP contribution in [0.2, 0.25) is 0 Å². The van der Waals surface area contributed by atoms with Crippen LogP contribution in [0.1, 0.15) is 31.9 Å². The Hall–Kier alpha value is -2.01. The second-order valence-electron chi connectivity index (χ2n) is 7.64. The monoisotopic (exact) mass is 478 g/mol. The van der Waals surface area contributed by atoms with Crippen LogP contribution in [0, 0.1) is 0 Å². The number of benzene rings is 1. The van der Waals surface area contributed by atoms with Crippen LogP contribution in [0.4, 0.5) is 15.5 Å². The van der Waals surface area contributed by atoms with E-state index in [1.165, 1.54) is 6.34 Å². The van der Waals surface area contributed by atoms with Gasteiger partial charge in [-0.05, 0) is 50.8 Å². The van der Waals surface area contributed by atoms with Gasteiger partial charge in [-0.1, -0.05) is 12.1 Å². The Labute approximate surface area is 194 Å². The molecule has 1 atom stereocenters. The first-order chi connectivity index (χ1) is 14.8. The zero-order chi connectivity index (χ0) is 22.4. The van der Waals surface area contributed by atoms with Crippen LogP contribution < -0.4 is 10.6 Å². The van der Waals surface area contributed by atoms with Gasteiger partial charge < -0.3 is 15.2 Å². The molecule has 2 heterocycles. The Bertz CT molecular complexity index is 982. The molecule has 3 N–H and O–H groups in total. The van der Waals surface area contributed by atoms with Gasteiger partial charge in [-0.3, -0.25) is 10.3 Å². The van der Waals surface area contributed by atoms with E-state index in [4.69, 9.17) is 9.73 Å². The third-order valence-electron chi connectivity index (χ3n) is 4.01. The van der Waals surface area contributed by atoms with Gasteiger partial charge in [0, 0.05) is 17.0 Å². The number of anilines is 1. The lowest BCUT2D eigenvalue weighted by atomic mass is 10.2. The molecule has 1 unspecified atom stereocenters. The highest BCUT2D eigenvalue weighted by Crippen LogP contribution is 2.38. The van der Waals surface area contributed by atoms with Crippen molar-refractivity contribution in [2.75, 3.05) is 17.3 Å². The highest BCUT2D eigenvalue weighted by molar-refractivity contribution is 8.01. The summed E-state index contributed by atoms with van der Waals surface area (Å²) in [6, 6.07) is 9.69. The normalized spacial score (nSPS) is 16.4. The highest BCUT2D eigenvalue weighted by Gasteiger charge is 2.23. The Morgan fingerprint density at radius 2 is 2.23 bits per heavy atom. The smallest absolute Gasteiger partial charge is 0.412 e. The number of thioether (sulfide) groups is 2. The third-order valence-corrected chi connectivity index (χ3v) is 7.16. The van der Waals surface area contributed by atoms with Crippen LogP contribution in [0.25, 0.3) is 0 Å².